The third-order valence-corrected chi connectivity index (χ3v) is 8.28. The van der Waals surface area contributed by atoms with Crippen LogP contribution in [0.4, 0.5) is 13.2 Å². The molecule has 0 spiro atoms. The molecule has 0 aliphatic heterocycles. The number of sulfonamides is 1. The minimum atomic E-state index is -4.66. The number of aromatic nitrogens is 2. The predicted octanol–water partition coefficient (Wildman–Crippen LogP) is 4.21. The van der Waals surface area contributed by atoms with E-state index in [4.69, 9.17) is 5.73 Å². The van der Waals surface area contributed by atoms with Gasteiger partial charge in [0.15, 0.2) is 0 Å². The Morgan fingerprint density at radius 3 is 2.35 bits per heavy atom. The fourth-order valence-electron chi connectivity index (χ4n) is 4.50. The first-order valence-electron chi connectivity index (χ1n) is 10.9. The molecule has 5 rings (SSSR count). The number of nitrogens with one attached hydrogen (secondary N) is 1. The van der Waals surface area contributed by atoms with Crippen molar-refractivity contribution in [3.8, 4) is 11.3 Å². The van der Waals surface area contributed by atoms with Crippen molar-refractivity contribution in [3.05, 3.63) is 47.7 Å². The molecule has 7 nitrogen and oxygen atoms in total. The lowest BCUT2D eigenvalue weighted by atomic mass is 9.92. The van der Waals surface area contributed by atoms with Crippen molar-refractivity contribution in [1.29, 1.82) is 0 Å². The molecule has 2 heterocycles. The number of alkyl halides is 3. The van der Waals surface area contributed by atoms with Gasteiger partial charge < -0.3 is 10.3 Å². The molecule has 1 aromatic carbocycles. The van der Waals surface area contributed by atoms with Crippen molar-refractivity contribution in [2.45, 2.75) is 61.7 Å². The molecule has 0 saturated heterocycles. The Balaban J connectivity index is 1.60. The Kier molecular flexibility index (Phi) is 5.07. The van der Waals surface area contributed by atoms with E-state index in [-0.39, 0.29) is 23.8 Å². The quantitative estimate of drug-likeness (QED) is 0.538. The van der Waals surface area contributed by atoms with E-state index in [1.54, 1.807) is 6.20 Å². The van der Waals surface area contributed by atoms with Crippen LogP contribution in [-0.2, 0) is 10.0 Å². The van der Waals surface area contributed by atoms with Crippen LogP contribution in [0.3, 0.4) is 0 Å². The minimum absolute atomic E-state index is 0.118. The van der Waals surface area contributed by atoms with E-state index >= 15 is 0 Å². The summed E-state index contributed by atoms with van der Waals surface area (Å²) in [6, 6.07) is 7.43. The van der Waals surface area contributed by atoms with Crippen molar-refractivity contribution in [2.24, 2.45) is 5.73 Å². The van der Waals surface area contributed by atoms with Crippen LogP contribution in [0.1, 0.15) is 54.1 Å². The molecule has 2 fully saturated rings. The van der Waals surface area contributed by atoms with Crippen LogP contribution in [-0.4, -0.2) is 35.6 Å². The van der Waals surface area contributed by atoms with Gasteiger partial charge in [0, 0.05) is 17.6 Å². The number of nitrogens with two attached hydrogens (primary N) is 1. The van der Waals surface area contributed by atoms with Gasteiger partial charge in [0.05, 0.1) is 16.2 Å². The van der Waals surface area contributed by atoms with Crippen LogP contribution in [0.5, 0.6) is 0 Å². The van der Waals surface area contributed by atoms with Crippen LogP contribution < -0.4 is 10.5 Å². The van der Waals surface area contributed by atoms with E-state index in [1.807, 2.05) is 22.3 Å². The number of primary amides is 1. The van der Waals surface area contributed by atoms with Crippen molar-refractivity contribution in [1.82, 2.24) is 14.3 Å². The Morgan fingerprint density at radius 1 is 1.21 bits per heavy atom. The molecule has 2 aliphatic rings. The Labute approximate surface area is 194 Å². The van der Waals surface area contributed by atoms with Crippen molar-refractivity contribution in [3.63, 3.8) is 0 Å². The summed E-state index contributed by atoms with van der Waals surface area (Å²) in [6.07, 6.45) is -0.688. The minimum Gasteiger partial charge on any atom is -0.366 e. The van der Waals surface area contributed by atoms with E-state index in [0.717, 1.165) is 24.8 Å². The number of aryl methyl sites for hydroxylation is 1. The third-order valence-electron chi connectivity index (χ3n) is 6.73. The maximum atomic E-state index is 13.3. The normalized spacial score (nSPS) is 18.1. The van der Waals surface area contributed by atoms with Crippen molar-refractivity contribution < 1.29 is 26.4 Å². The van der Waals surface area contributed by atoms with Gasteiger partial charge in [-0.2, -0.15) is 17.9 Å². The third kappa shape index (κ3) is 3.58. The summed E-state index contributed by atoms with van der Waals surface area (Å²) in [5, 5.41) is 0.619. The Bertz CT molecular complexity index is 1400. The van der Waals surface area contributed by atoms with Crippen LogP contribution >= 0.6 is 0 Å². The number of fused-ring (bicyclic) bond motifs is 1. The molecule has 3 aromatic rings. The topological polar surface area (TPSA) is 107 Å². The highest BCUT2D eigenvalue weighted by Gasteiger charge is 2.65. The molecule has 0 unspecified atom stereocenters. The summed E-state index contributed by atoms with van der Waals surface area (Å²) in [4.78, 5) is 16.8. The first-order valence-corrected chi connectivity index (χ1v) is 12.4. The highest BCUT2D eigenvalue weighted by atomic mass is 32.2. The van der Waals surface area contributed by atoms with Crippen LogP contribution in [0.25, 0.3) is 22.3 Å². The summed E-state index contributed by atoms with van der Waals surface area (Å²) in [5.74, 6) is -0.635. The van der Waals surface area contributed by atoms with Gasteiger partial charge in [-0.05, 0) is 68.4 Å². The number of hydrogen-bond acceptors (Lipinski definition) is 4. The largest absolute Gasteiger partial charge is 0.407 e. The molecular weight excluding hydrogens is 469 g/mol. The number of rotatable bonds is 6. The van der Waals surface area contributed by atoms with Crippen molar-refractivity contribution >= 4 is 27.0 Å². The summed E-state index contributed by atoms with van der Waals surface area (Å²) >= 11 is 0. The molecule has 0 radical (unpaired) electrons. The number of amides is 1. The maximum absolute atomic E-state index is 13.3. The average Bonchev–Trinajstić information content (AvgIpc) is 3.42. The average molecular weight is 493 g/mol. The molecule has 0 bridgehead atoms. The molecule has 0 atom stereocenters. The van der Waals surface area contributed by atoms with Crippen LogP contribution in [0.15, 0.2) is 41.4 Å². The van der Waals surface area contributed by atoms with Gasteiger partial charge >= 0.3 is 6.18 Å². The highest BCUT2D eigenvalue weighted by molar-refractivity contribution is 7.89. The number of halogens is 3. The summed E-state index contributed by atoms with van der Waals surface area (Å²) in [6.45, 7) is 1.86. The Morgan fingerprint density at radius 2 is 1.85 bits per heavy atom. The molecular formula is C23H23F3N4O3S. The van der Waals surface area contributed by atoms with Gasteiger partial charge in [0.1, 0.15) is 11.2 Å². The second kappa shape index (κ2) is 7.54. The second-order valence-corrected chi connectivity index (χ2v) is 10.8. The first kappa shape index (κ1) is 22.9. The maximum Gasteiger partial charge on any atom is 0.407 e. The smallest absolute Gasteiger partial charge is 0.366 e. The van der Waals surface area contributed by atoms with Gasteiger partial charge in [-0.1, -0.05) is 12.1 Å². The molecule has 11 heteroatoms. The molecule has 3 N–H and O–H groups in total. The lowest BCUT2D eigenvalue weighted by Gasteiger charge is -2.29. The molecule has 34 heavy (non-hydrogen) atoms. The van der Waals surface area contributed by atoms with Gasteiger partial charge in [0.2, 0.25) is 10.0 Å². The van der Waals surface area contributed by atoms with E-state index in [9.17, 15) is 26.4 Å². The number of benzene rings is 1. The zero-order valence-corrected chi connectivity index (χ0v) is 19.1. The zero-order valence-electron chi connectivity index (χ0n) is 18.3. The van der Waals surface area contributed by atoms with Crippen LogP contribution in [0.2, 0.25) is 0 Å². The van der Waals surface area contributed by atoms with E-state index in [0.29, 0.717) is 27.9 Å². The van der Waals surface area contributed by atoms with E-state index in [2.05, 4.69) is 4.98 Å². The first-order chi connectivity index (χ1) is 15.9. The number of pyridine rings is 1. The van der Waals surface area contributed by atoms with Crippen LogP contribution in [0, 0.1) is 6.92 Å². The molecule has 2 aromatic heterocycles. The fourth-order valence-corrected chi connectivity index (χ4v) is 5.95. The molecule has 180 valence electrons. The van der Waals surface area contributed by atoms with E-state index < -0.39 is 27.6 Å². The summed E-state index contributed by atoms with van der Waals surface area (Å²) < 4.78 is 68.9. The number of nitrogens with zero attached hydrogens (tertiary/aromatic N) is 2. The molecule has 1 amide bonds. The highest BCUT2D eigenvalue weighted by Crippen LogP contribution is 2.50. The second-order valence-electron chi connectivity index (χ2n) is 9.14. The van der Waals surface area contributed by atoms with E-state index in [1.165, 1.54) is 24.3 Å². The number of carbonyl (C=O) groups is 1. The molecule has 2 aliphatic carbocycles. The number of hydrogen-bond donors (Lipinski definition) is 2. The lowest BCUT2D eigenvalue weighted by molar-refractivity contribution is -0.160. The summed E-state index contributed by atoms with van der Waals surface area (Å²) in [5.41, 5.74) is 6.21. The monoisotopic (exact) mass is 492 g/mol. The Hall–Kier alpha value is -2.92. The predicted molar refractivity (Wildman–Crippen MR) is 120 cm³/mol. The zero-order chi connectivity index (χ0) is 24.5. The molecule has 2 saturated carbocycles. The lowest BCUT2D eigenvalue weighted by Crippen LogP contribution is -2.47. The van der Waals surface area contributed by atoms with Gasteiger partial charge in [0.25, 0.3) is 5.91 Å². The summed E-state index contributed by atoms with van der Waals surface area (Å²) in [7, 11) is -4.39. The van der Waals surface area contributed by atoms with Gasteiger partial charge in [-0.25, -0.2) is 13.4 Å². The van der Waals surface area contributed by atoms with Crippen molar-refractivity contribution in [2.75, 3.05) is 0 Å². The fraction of sp³-hybridized carbons (Fsp3) is 0.391. The number of carbonyl (C=O) groups excluding carboxylic acids is 1. The van der Waals surface area contributed by atoms with Gasteiger partial charge in [-0.3, -0.25) is 4.79 Å². The SMILES string of the molecule is Cc1cnc2c(c1)c(C(N)=O)c(-c1ccc(S(=O)(=O)NC3(C(F)(F)F)CC3)cc1)n2C1CCC1. The van der Waals surface area contributed by atoms with Gasteiger partial charge in [-0.15, -0.1) is 0 Å². The standard InChI is InChI=1S/C23H23F3N4O3S/c1-13-11-17-18(20(27)31)19(30(15-3-2-4-15)21(17)28-12-13)14-5-7-16(8-6-14)34(32,33)29-22(9-10-22)23(24,25)26/h5-8,11-12,15,29H,2-4,9-10H2,1H3,(H2,27,31).